The van der Waals surface area contributed by atoms with E-state index in [9.17, 15) is 0 Å². The Morgan fingerprint density at radius 3 is 3.00 bits per heavy atom. The van der Waals surface area contributed by atoms with Crippen LogP contribution in [-0.4, -0.2) is 35.3 Å². The van der Waals surface area contributed by atoms with Gasteiger partial charge in [0, 0.05) is 19.7 Å². The van der Waals surface area contributed by atoms with Crippen molar-refractivity contribution in [1.82, 2.24) is 9.97 Å². The van der Waals surface area contributed by atoms with E-state index in [2.05, 4.69) is 27.5 Å². The Morgan fingerprint density at radius 1 is 1.50 bits per heavy atom. The summed E-state index contributed by atoms with van der Waals surface area (Å²) in [6.07, 6.45) is 3.77. The smallest absolute Gasteiger partial charge is 0.224 e. The largest absolute Gasteiger partial charge is 0.373 e. The van der Waals surface area contributed by atoms with Crippen LogP contribution in [0.2, 0.25) is 5.02 Å². The number of hydrogen-bond donors (Lipinski definition) is 2. The Bertz CT molecular complexity index is 407. The fourth-order valence-electron chi connectivity index (χ4n) is 1.98. The molecule has 0 saturated carbocycles. The Kier molecular flexibility index (Phi) is 4.24. The second-order valence-electron chi connectivity index (χ2n) is 4.68. The molecule has 100 valence electrons. The quantitative estimate of drug-likeness (QED) is 0.861. The lowest BCUT2D eigenvalue weighted by Gasteiger charge is -2.24. The molecular formula is C12H19ClN4O. The highest BCUT2D eigenvalue weighted by molar-refractivity contribution is 6.32. The molecular weight excluding hydrogens is 252 g/mol. The molecule has 1 atom stereocenters. The summed E-state index contributed by atoms with van der Waals surface area (Å²) in [5, 5.41) is 6.83. The van der Waals surface area contributed by atoms with Crippen LogP contribution >= 0.6 is 11.6 Å². The van der Waals surface area contributed by atoms with E-state index in [1.54, 1.807) is 6.20 Å². The number of nitrogens with zero attached hydrogens (tertiary/aromatic N) is 2. The molecule has 2 rings (SSSR count). The van der Waals surface area contributed by atoms with Gasteiger partial charge in [0.2, 0.25) is 5.95 Å². The van der Waals surface area contributed by atoms with Gasteiger partial charge >= 0.3 is 0 Å². The van der Waals surface area contributed by atoms with Crippen molar-refractivity contribution in [3.63, 3.8) is 0 Å². The van der Waals surface area contributed by atoms with Crippen LogP contribution in [0, 0.1) is 0 Å². The molecule has 2 N–H and O–H groups in total. The number of nitrogens with one attached hydrogen (secondary N) is 2. The van der Waals surface area contributed by atoms with Crippen molar-refractivity contribution in [2.75, 3.05) is 30.3 Å². The molecule has 1 fully saturated rings. The molecule has 18 heavy (non-hydrogen) atoms. The van der Waals surface area contributed by atoms with Crippen molar-refractivity contribution in [1.29, 1.82) is 0 Å². The van der Waals surface area contributed by atoms with Gasteiger partial charge in [-0.2, -0.15) is 4.98 Å². The third-order valence-electron chi connectivity index (χ3n) is 3.01. The highest BCUT2D eigenvalue weighted by atomic mass is 35.5. The highest BCUT2D eigenvalue weighted by Crippen LogP contribution is 2.26. The fourth-order valence-corrected chi connectivity index (χ4v) is 2.14. The van der Waals surface area contributed by atoms with Crippen LogP contribution in [0.25, 0.3) is 0 Å². The van der Waals surface area contributed by atoms with Crippen molar-refractivity contribution in [2.45, 2.75) is 32.3 Å². The normalized spacial score (nSPS) is 23.1. The minimum absolute atomic E-state index is 0.118. The first-order valence-electron chi connectivity index (χ1n) is 6.27. The summed E-state index contributed by atoms with van der Waals surface area (Å²) in [7, 11) is 0. The van der Waals surface area contributed by atoms with E-state index in [0.717, 1.165) is 26.0 Å². The van der Waals surface area contributed by atoms with Crippen LogP contribution in [0.15, 0.2) is 6.20 Å². The van der Waals surface area contributed by atoms with Gasteiger partial charge < -0.3 is 15.4 Å². The molecule has 1 aliphatic heterocycles. The Morgan fingerprint density at radius 2 is 2.33 bits per heavy atom. The average Bonchev–Trinajstić information content (AvgIpc) is 2.78. The summed E-state index contributed by atoms with van der Waals surface area (Å²) in [6, 6.07) is 0. The molecule has 1 unspecified atom stereocenters. The van der Waals surface area contributed by atoms with E-state index in [4.69, 9.17) is 16.3 Å². The van der Waals surface area contributed by atoms with Gasteiger partial charge in [0.05, 0.1) is 11.8 Å². The van der Waals surface area contributed by atoms with E-state index in [1.807, 2.05) is 6.92 Å². The molecule has 1 aliphatic rings. The average molecular weight is 271 g/mol. The molecule has 0 amide bonds. The third-order valence-corrected chi connectivity index (χ3v) is 3.29. The lowest BCUT2D eigenvalue weighted by molar-refractivity contribution is 0.0315. The summed E-state index contributed by atoms with van der Waals surface area (Å²) >= 11 is 6.07. The van der Waals surface area contributed by atoms with Gasteiger partial charge in [-0.3, -0.25) is 0 Å². The first-order chi connectivity index (χ1) is 8.63. The van der Waals surface area contributed by atoms with E-state index >= 15 is 0 Å². The maximum atomic E-state index is 6.07. The number of ether oxygens (including phenoxy) is 1. The maximum Gasteiger partial charge on any atom is 0.224 e. The Balaban J connectivity index is 2.01. The van der Waals surface area contributed by atoms with Crippen molar-refractivity contribution >= 4 is 23.4 Å². The fraction of sp³-hybridized carbons (Fsp3) is 0.667. The minimum atomic E-state index is -0.118. The summed E-state index contributed by atoms with van der Waals surface area (Å²) in [6.45, 7) is 6.42. The van der Waals surface area contributed by atoms with E-state index in [-0.39, 0.29) is 5.60 Å². The summed E-state index contributed by atoms with van der Waals surface area (Å²) < 4.78 is 5.72. The third kappa shape index (κ3) is 3.23. The van der Waals surface area contributed by atoms with Gasteiger partial charge in [0.25, 0.3) is 0 Å². The number of anilines is 2. The topological polar surface area (TPSA) is 59.1 Å². The molecule has 0 aliphatic carbocycles. The SMILES string of the molecule is CCNc1ncc(Cl)c(NCC2(C)CCCO2)n1. The molecule has 0 bridgehead atoms. The molecule has 0 radical (unpaired) electrons. The van der Waals surface area contributed by atoms with Crippen LogP contribution in [0.1, 0.15) is 26.7 Å². The lowest BCUT2D eigenvalue weighted by Crippen LogP contribution is -2.32. The van der Waals surface area contributed by atoms with Gasteiger partial charge in [-0.25, -0.2) is 4.98 Å². The predicted molar refractivity (Wildman–Crippen MR) is 73.3 cm³/mol. The second kappa shape index (κ2) is 5.71. The molecule has 1 saturated heterocycles. The van der Waals surface area contributed by atoms with Crippen LogP contribution in [0.5, 0.6) is 0 Å². The standard InChI is InChI=1S/C12H19ClN4O/c1-3-14-11-15-7-9(13)10(17-11)16-8-12(2)5-4-6-18-12/h7H,3-6,8H2,1-2H3,(H2,14,15,16,17). The van der Waals surface area contributed by atoms with Crippen molar-refractivity contribution in [3.05, 3.63) is 11.2 Å². The van der Waals surface area contributed by atoms with E-state index < -0.39 is 0 Å². The molecule has 2 heterocycles. The Labute approximate surface area is 112 Å². The van der Waals surface area contributed by atoms with Crippen LogP contribution in [0.3, 0.4) is 0 Å². The first-order valence-corrected chi connectivity index (χ1v) is 6.65. The summed E-state index contributed by atoms with van der Waals surface area (Å²) in [5.41, 5.74) is -0.118. The number of halogens is 1. The van der Waals surface area contributed by atoms with Crippen molar-refractivity contribution < 1.29 is 4.74 Å². The zero-order chi connectivity index (χ0) is 13.0. The van der Waals surface area contributed by atoms with Gasteiger partial charge in [0.15, 0.2) is 5.82 Å². The van der Waals surface area contributed by atoms with Crippen molar-refractivity contribution in [3.8, 4) is 0 Å². The lowest BCUT2D eigenvalue weighted by atomic mass is 10.0. The van der Waals surface area contributed by atoms with Crippen LogP contribution < -0.4 is 10.6 Å². The number of rotatable bonds is 5. The zero-order valence-corrected chi connectivity index (χ0v) is 11.5. The molecule has 0 spiro atoms. The summed E-state index contributed by atoms with van der Waals surface area (Å²) in [4.78, 5) is 8.43. The number of aromatic nitrogens is 2. The van der Waals surface area contributed by atoms with Gasteiger partial charge in [-0.05, 0) is 26.7 Å². The van der Waals surface area contributed by atoms with Crippen molar-refractivity contribution in [2.24, 2.45) is 0 Å². The molecule has 6 heteroatoms. The number of hydrogen-bond acceptors (Lipinski definition) is 5. The zero-order valence-electron chi connectivity index (χ0n) is 10.8. The molecule has 0 aromatic carbocycles. The van der Waals surface area contributed by atoms with E-state index in [0.29, 0.717) is 23.3 Å². The summed E-state index contributed by atoms with van der Waals surface area (Å²) in [5.74, 6) is 1.24. The highest BCUT2D eigenvalue weighted by Gasteiger charge is 2.29. The monoisotopic (exact) mass is 270 g/mol. The second-order valence-corrected chi connectivity index (χ2v) is 5.08. The minimum Gasteiger partial charge on any atom is -0.373 e. The molecule has 1 aromatic heterocycles. The maximum absolute atomic E-state index is 6.07. The van der Waals surface area contributed by atoms with Crippen LogP contribution in [-0.2, 0) is 4.74 Å². The first kappa shape index (κ1) is 13.4. The predicted octanol–water partition coefficient (Wildman–Crippen LogP) is 2.54. The molecule has 5 nitrogen and oxygen atoms in total. The Hall–Kier alpha value is -1.07. The van der Waals surface area contributed by atoms with Gasteiger partial charge in [-0.1, -0.05) is 11.6 Å². The van der Waals surface area contributed by atoms with Crippen LogP contribution in [0.4, 0.5) is 11.8 Å². The molecule has 1 aromatic rings. The van der Waals surface area contributed by atoms with Gasteiger partial charge in [-0.15, -0.1) is 0 Å². The van der Waals surface area contributed by atoms with E-state index in [1.165, 1.54) is 0 Å². The van der Waals surface area contributed by atoms with Gasteiger partial charge in [0.1, 0.15) is 5.02 Å².